The van der Waals surface area contributed by atoms with Gasteiger partial charge in [0, 0.05) is 6.10 Å². The Morgan fingerprint density at radius 2 is 1.58 bits per heavy atom. The first kappa shape index (κ1) is 17.5. The number of ether oxygens (including phenoxy) is 1. The van der Waals surface area contributed by atoms with Crippen LogP contribution in [0.1, 0.15) is 46.5 Å². The van der Waals surface area contributed by atoms with Crippen molar-refractivity contribution in [3.8, 4) is 0 Å². The molecule has 0 bridgehead atoms. The van der Waals surface area contributed by atoms with Gasteiger partial charge in [-0.2, -0.15) is 0 Å². The first-order valence-electron chi connectivity index (χ1n) is 7.08. The molecule has 0 radical (unpaired) electrons. The molecule has 19 heavy (non-hydrogen) atoms. The second kappa shape index (κ2) is 6.92. The van der Waals surface area contributed by atoms with Gasteiger partial charge in [-0.3, -0.25) is 0 Å². The standard InChI is InChI=1S/C14H28O2S2Si/c1-14(2,3)19(5,6)16-12-9-7-11(8-10-12)15-13(17)18-4/h11-12H,7-10H2,1-6H3. The summed E-state index contributed by atoms with van der Waals surface area (Å²) < 4.78 is 12.9. The third-order valence-corrected chi connectivity index (χ3v) is 9.88. The van der Waals surface area contributed by atoms with Crippen LogP contribution in [0.15, 0.2) is 0 Å². The molecule has 0 heterocycles. The van der Waals surface area contributed by atoms with E-state index in [1.807, 2.05) is 6.26 Å². The lowest BCUT2D eigenvalue weighted by Gasteiger charge is -2.41. The number of rotatable bonds is 3. The van der Waals surface area contributed by atoms with Crippen LogP contribution in [-0.4, -0.2) is 31.2 Å². The summed E-state index contributed by atoms with van der Waals surface area (Å²) in [5.74, 6) is 0. The van der Waals surface area contributed by atoms with Crippen molar-refractivity contribution in [1.82, 2.24) is 0 Å². The van der Waals surface area contributed by atoms with E-state index in [-0.39, 0.29) is 0 Å². The molecule has 0 amide bonds. The molecule has 1 saturated carbocycles. The summed E-state index contributed by atoms with van der Waals surface area (Å²) in [6.45, 7) is 11.6. The van der Waals surface area contributed by atoms with E-state index in [1.54, 1.807) is 0 Å². The van der Waals surface area contributed by atoms with Crippen molar-refractivity contribution in [1.29, 1.82) is 0 Å². The van der Waals surface area contributed by atoms with Crippen molar-refractivity contribution in [2.45, 2.75) is 76.8 Å². The van der Waals surface area contributed by atoms with E-state index in [9.17, 15) is 0 Å². The Labute approximate surface area is 129 Å². The molecule has 0 saturated heterocycles. The second-order valence-corrected chi connectivity index (χ2v) is 13.0. The number of thioether (sulfide) groups is 1. The highest BCUT2D eigenvalue weighted by atomic mass is 32.2. The molecule has 1 aliphatic rings. The van der Waals surface area contributed by atoms with Crippen LogP contribution in [0.4, 0.5) is 0 Å². The second-order valence-electron chi connectivity index (χ2n) is 6.85. The average molecular weight is 321 g/mol. The minimum absolute atomic E-state index is 0.292. The summed E-state index contributed by atoms with van der Waals surface area (Å²) in [6, 6.07) is 0. The zero-order valence-electron chi connectivity index (χ0n) is 13.1. The van der Waals surface area contributed by atoms with Gasteiger partial charge in [0.2, 0.25) is 4.38 Å². The van der Waals surface area contributed by atoms with Crippen molar-refractivity contribution < 1.29 is 9.16 Å². The lowest BCUT2D eigenvalue weighted by atomic mass is 9.95. The van der Waals surface area contributed by atoms with Gasteiger partial charge in [-0.15, -0.1) is 0 Å². The van der Waals surface area contributed by atoms with Gasteiger partial charge < -0.3 is 9.16 Å². The van der Waals surface area contributed by atoms with Crippen molar-refractivity contribution in [3.05, 3.63) is 0 Å². The predicted octanol–water partition coefficient (Wildman–Crippen LogP) is 4.98. The summed E-state index contributed by atoms with van der Waals surface area (Å²) in [6.07, 6.45) is 7.04. The monoisotopic (exact) mass is 320 g/mol. The summed E-state index contributed by atoms with van der Waals surface area (Å²) in [4.78, 5) is 0. The predicted molar refractivity (Wildman–Crippen MR) is 91.5 cm³/mol. The number of thiocarbonyl (C=S) groups is 1. The lowest BCUT2D eigenvalue weighted by Crippen LogP contribution is -2.45. The van der Waals surface area contributed by atoms with Crippen LogP contribution in [0, 0.1) is 0 Å². The molecule has 0 spiro atoms. The van der Waals surface area contributed by atoms with Crippen molar-refractivity contribution in [2.75, 3.05) is 6.26 Å². The summed E-state index contributed by atoms with van der Waals surface area (Å²) in [7, 11) is -1.62. The molecule has 0 atom stereocenters. The summed E-state index contributed by atoms with van der Waals surface area (Å²) in [5.41, 5.74) is 0. The van der Waals surface area contributed by atoms with Gasteiger partial charge in [-0.25, -0.2) is 0 Å². The van der Waals surface area contributed by atoms with E-state index >= 15 is 0 Å². The van der Waals surface area contributed by atoms with Gasteiger partial charge in [0.05, 0.1) is 0 Å². The molecular weight excluding hydrogens is 292 g/mol. The third kappa shape index (κ3) is 5.36. The van der Waals surface area contributed by atoms with Gasteiger partial charge in [0.25, 0.3) is 0 Å². The van der Waals surface area contributed by atoms with Crippen LogP contribution in [0.25, 0.3) is 0 Å². The molecule has 1 aliphatic carbocycles. The van der Waals surface area contributed by atoms with Gasteiger partial charge in [0.1, 0.15) is 6.10 Å². The van der Waals surface area contributed by atoms with Crippen LogP contribution < -0.4 is 0 Å². The van der Waals surface area contributed by atoms with Crippen molar-refractivity contribution in [3.63, 3.8) is 0 Å². The molecule has 2 nitrogen and oxygen atoms in total. The maximum atomic E-state index is 6.47. The van der Waals surface area contributed by atoms with Crippen LogP contribution in [0.2, 0.25) is 18.1 Å². The zero-order chi connectivity index (χ0) is 14.7. The molecule has 1 fully saturated rings. The topological polar surface area (TPSA) is 18.5 Å². The highest BCUT2D eigenvalue weighted by molar-refractivity contribution is 8.22. The molecule has 0 aliphatic heterocycles. The summed E-state index contributed by atoms with van der Waals surface area (Å²) >= 11 is 6.64. The van der Waals surface area contributed by atoms with Crippen molar-refractivity contribution >= 4 is 36.7 Å². The largest absolute Gasteiger partial charge is 0.475 e. The quantitative estimate of drug-likeness (QED) is 0.539. The Kier molecular flexibility index (Phi) is 6.36. The fourth-order valence-electron chi connectivity index (χ4n) is 2.05. The van der Waals surface area contributed by atoms with E-state index in [4.69, 9.17) is 21.4 Å². The van der Waals surface area contributed by atoms with Crippen LogP contribution in [0.3, 0.4) is 0 Å². The van der Waals surface area contributed by atoms with E-state index < -0.39 is 8.32 Å². The Hall–Kier alpha value is 0.417. The maximum Gasteiger partial charge on any atom is 0.219 e. The first-order chi connectivity index (χ1) is 8.65. The highest BCUT2D eigenvalue weighted by Gasteiger charge is 2.39. The molecule has 0 aromatic rings. The first-order valence-corrected chi connectivity index (χ1v) is 11.6. The fourth-order valence-corrected chi connectivity index (χ4v) is 3.84. The van der Waals surface area contributed by atoms with Crippen LogP contribution >= 0.6 is 24.0 Å². The molecule has 112 valence electrons. The average Bonchev–Trinajstić information content (AvgIpc) is 2.29. The van der Waals surface area contributed by atoms with E-state index in [0.29, 0.717) is 21.6 Å². The van der Waals surface area contributed by atoms with Gasteiger partial charge >= 0.3 is 0 Å². The fraction of sp³-hybridized carbons (Fsp3) is 0.929. The smallest absolute Gasteiger partial charge is 0.219 e. The normalized spacial score (nSPS) is 25.2. The Balaban J connectivity index is 2.40. The van der Waals surface area contributed by atoms with Crippen LogP contribution in [0.5, 0.6) is 0 Å². The Morgan fingerprint density at radius 3 is 2.00 bits per heavy atom. The van der Waals surface area contributed by atoms with Gasteiger partial charge in [-0.1, -0.05) is 32.5 Å². The molecule has 1 rings (SSSR count). The zero-order valence-corrected chi connectivity index (χ0v) is 15.7. The van der Waals surface area contributed by atoms with Gasteiger partial charge in [-0.05, 0) is 62.3 Å². The Morgan fingerprint density at radius 1 is 1.11 bits per heavy atom. The van der Waals surface area contributed by atoms with E-state index in [2.05, 4.69) is 33.9 Å². The maximum absolute atomic E-state index is 6.47. The van der Waals surface area contributed by atoms with E-state index in [1.165, 1.54) is 11.8 Å². The van der Waals surface area contributed by atoms with Crippen LogP contribution in [-0.2, 0) is 9.16 Å². The molecule has 0 unspecified atom stereocenters. The molecule has 0 N–H and O–H groups in total. The summed E-state index contributed by atoms with van der Waals surface area (Å²) in [5, 5.41) is 0.292. The van der Waals surface area contributed by atoms with Gasteiger partial charge in [0.15, 0.2) is 8.32 Å². The number of hydrogen-bond acceptors (Lipinski definition) is 4. The third-order valence-electron chi connectivity index (χ3n) is 4.32. The number of hydrogen-bond donors (Lipinski definition) is 0. The minimum atomic E-state index is -1.62. The molecule has 5 heteroatoms. The molecule has 0 aromatic heterocycles. The Bertz CT molecular complexity index is 305. The minimum Gasteiger partial charge on any atom is -0.475 e. The van der Waals surface area contributed by atoms with E-state index in [0.717, 1.165) is 25.7 Å². The molecule has 0 aromatic carbocycles. The van der Waals surface area contributed by atoms with Crippen molar-refractivity contribution in [2.24, 2.45) is 0 Å². The molecular formula is C14H28O2S2Si. The highest BCUT2D eigenvalue weighted by Crippen LogP contribution is 2.39. The lowest BCUT2D eigenvalue weighted by molar-refractivity contribution is 0.0707. The SMILES string of the molecule is CSC(=S)OC1CCC(O[Si](C)(C)C(C)(C)C)CC1.